The molecule has 0 fully saturated rings. The molecule has 0 spiro atoms. The van der Waals surface area contributed by atoms with Crippen molar-refractivity contribution in [2.75, 3.05) is 12.0 Å². The molecule has 1 heterocycles. The predicted octanol–water partition coefficient (Wildman–Crippen LogP) is -0.0573. The third-order valence-corrected chi connectivity index (χ3v) is 3.28. The van der Waals surface area contributed by atoms with E-state index in [2.05, 4.69) is 10.3 Å². The van der Waals surface area contributed by atoms with Crippen molar-refractivity contribution in [1.29, 1.82) is 0 Å². The minimum absolute atomic E-state index is 0.166. The number of amides is 1. The zero-order chi connectivity index (χ0) is 14.6. The summed E-state index contributed by atoms with van der Waals surface area (Å²) < 4.78 is 22.1. The highest BCUT2D eigenvalue weighted by Crippen LogP contribution is 2.01. The summed E-state index contributed by atoms with van der Waals surface area (Å²) in [4.78, 5) is 25.9. The molecule has 1 unspecified atom stereocenters. The molecule has 104 valence electrons. The van der Waals surface area contributed by atoms with Crippen LogP contribution in [0.2, 0.25) is 0 Å². The van der Waals surface area contributed by atoms with Crippen LogP contribution in [-0.4, -0.2) is 48.4 Å². The second-order valence-electron chi connectivity index (χ2n) is 4.20. The summed E-state index contributed by atoms with van der Waals surface area (Å²) >= 11 is 0. The molecule has 1 aromatic rings. The van der Waals surface area contributed by atoms with Gasteiger partial charge in [-0.05, 0) is 19.1 Å². The molecule has 2 N–H and O–H groups in total. The fraction of sp³-hybridized carbons (Fsp3) is 0.364. The summed E-state index contributed by atoms with van der Waals surface area (Å²) in [6, 6.07) is 1.99. The SMILES string of the molecule is CC(CS(C)(=O)=O)NC(=O)c1ccc(C(=O)O)nc1. The molecule has 1 rings (SSSR count). The number of carbonyl (C=O) groups excluding carboxylic acids is 1. The Morgan fingerprint density at radius 1 is 1.42 bits per heavy atom. The van der Waals surface area contributed by atoms with Crippen LogP contribution in [0, 0.1) is 0 Å². The highest BCUT2D eigenvalue weighted by molar-refractivity contribution is 7.90. The van der Waals surface area contributed by atoms with Gasteiger partial charge in [0.05, 0.1) is 11.3 Å². The van der Waals surface area contributed by atoms with Crippen molar-refractivity contribution < 1.29 is 23.1 Å². The van der Waals surface area contributed by atoms with Crippen molar-refractivity contribution >= 4 is 21.7 Å². The van der Waals surface area contributed by atoms with E-state index in [4.69, 9.17) is 5.11 Å². The third kappa shape index (κ3) is 5.04. The highest BCUT2D eigenvalue weighted by atomic mass is 32.2. The monoisotopic (exact) mass is 286 g/mol. The van der Waals surface area contributed by atoms with Gasteiger partial charge in [-0.25, -0.2) is 18.2 Å². The summed E-state index contributed by atoms with van der Waals surface area (Å²) in [6.45, 7) is 1.57. The molecular formula is C11H14N2O5S. The van der Waals surface area contributed by atoms with Gasteiger partial charge in [0.2, 0.25) is 0 Å². The van der Waals surface area contributed by atoms with Gasteiger partial charge in [-0.2, -0.15) is 0 Å². The van der Waals surface area contributed by atoms with Crippen LogP contribution in [0.3, 0.4) is 0 Å². The van der Waals surface area contributed by atoms with Gasteiger partial charge < -0.3 is 10.4 Å². The molecule has 0 bridgehead atoms. The van der Waals surface area contributed by atoms with E-state index in [0.717, 1.165) is 12.5 Å². The number of nitrogens with one attached hydrogen (secondary N) is 1. The molecule has 0 aromatic carbocycles. The van der Waals surface area contributed by atoms with Gasteiger partial charge in [0.25, 0.3) is 5.91 Å². The maximum absolute atomic E-state index is 11.7. The molecule has 8 heteroatoms. The smallest absolute Gasteiger partial charge is 0.354 e. The topological polar surface area (TPSA) is 113 Å². The fourth-order valence-corrected chi connectivity index (χ4v) is 2.45. The Morgan fingerprint density at radius 3 is 2.47 bits per heavy atom. The van der Waals surface area contributed by atoms with Gasteiger partial charge >= 0.3 is 5.97 Å². The number of aromatic carboxylic acids is 1. The summed E-state index contributed by atoms with van der Waals surface area (Å²) in [5, 5.41) is 11.2. The van der Waals surface area contributed by atoms with Crippen molar-refractivity contribution in [2.45, 2.75) is 13.0 Å². The second-order valence-corrected chi connectivity index (χ2v) is 6.39. The summed E-state index contributed by atoms with van der Waals surface area (Å²) in [5.74, 6) is -1.85. The molecule has 0 aliphatic rings. The van der Waals surface area contributed by atoms with Crippen LogP contribution in [-0.2, 0) is 9.84 Å². The molecule has 7 nitrogen and oxygen atoms in total. The summed E-state index contributed by atoms with van der Waals surface area (Å²) in [7, 11) is -3.18. The molecule has 0 radical (unpaired) electrons. The van der Waals surface area contributed by atoms with Gasteiger partial charge in [-0.3, -0.25) is 4.79 Å². The van der Waals surface area contributed by atoms with E-state index >= 15 is 0 Å². The Bertz CT molecular complexity index is 580. The first-order valence-corrected chi connectivity index (χ1v) is 7.43. The van der Waals surface area contributed by atoms with Crippen LogP contribution in [0.15, 0.2) is 18.3 Å². The summed E-state index contributed by atoms with van der Waals surface area (Å²) in [6.07, 6.45) is 2.21. The van der Waals surface area contributed by atoms with E-state index in [-0.39, 0.29) is 17.0 Å². The molecule has 0 saturated carbocycles. The first kappa shape index (κ1) is 15.1. The molecule has 19 heavy (non-hydrogen) atoms. The lowest BCUT2D eigenvalue weighted by atomic mass is 10.2. The zero-order valence-electron chi connectivity index (χ0n) is 10.5. The largest absolute Gasteiger partial charge is 0.477 e. The van der Waals surface area contributed by atoms with Gasteiger partial charge in [-0.1, -0.05) is 0 Å². The van der Waals surface area contributed by atoms with Crippen molar-refractivity contribution in [3.8, 4) is 0 Å². The lowest BCUT2D eigenvalue weighted by Crippen LogP contribution is -2.37. The van der Waals surface area contributed by atoms with E-state index in [1.54, 1.807) is 6.92 Å². The standard InChI is InChI=1S/C11H14N2O5S/c1-7(6-19(2,17)18)13-10(14)8-3-4-9(11(15)16)12-5-8/h3-5,7H,6H2,1-2H3,(H,13,14)(H,15,16). The molecule has 0 saturated heterocycles. The van der Waals surface area contributed by atoms with Gasteiger partial charge in [0.15, 0.2) is 0 Å². The van der Waals surface area contributed by atoms with Crippen LogP contribution >= 0.6 is 0 Å². The first-order chi connectivity index (χ1) is 8.69. The molecule has 0 aliphatic carbocycles. The third-order valence-electron chi connectivity index (χ3n) is 2.18. The minimum atomic E-state index is -3.18. The Morgan fingerprint density at radius 2 is 2.05 bits per heavy atom. The van der Waals surface area contributed by atoms with Crippen molar-refractivity contribution in [1.82, 2.24) is 10.3 Å². The van der Waals surface area contributed by atoms with Crippen LogP contribution < -0.4 is 5.32 Å². The van der Waals surface area contributed by atoms with Crippen LogP contribution in [0.4, 0.5) is 0 Å². The van der Waals surface area contributed by atoms with E-state index in [1.165, 1.54) is 12.1 Å². The zero-order valence-corrected chi connectivity index (χ0v) is 11.3. The van der Waals surface area contributed by atoms with Gasteiger partial charge in [0, 0.05) is 18.5 Å². The average Bonchev–Trinajstić information content (AvgIpc) is 2.26. The number of carboxylic acids is 1. The first-order valence-electron chi connectivity index (χ1n) is 5.37. The minimum Gasteiger partial charge on any atom is -0.477 e. The molecule has 1 amide bonds. The van der Waals surface area contributed by atoms with Crippen LogP contribution in [0.25, 0.3) is 0 Å². The number of hydrogen-bond donors (Lipinski definition) is 2. The van der Waals surface area contributed by atoms with E-state index < -0.39 is 27.8 Å². The number of rotatable bonds is 5. The number of carboxylic acid groups (broad SMARTS) is 1. The highest BCUT2D eigenvalue weighted by Gasteiger charge is 2.15. The van der Waals surface area contributed by atoms with E-state index in [1.807, 2.05) is 0 Å². The number of aromatic nitrogens is 1. The molecular weight excluding hydrogens is 272 g/mol. The fourth-order valence-electron chi connectivity index (χ4n) is 1.46. The van der Waals surface area contributed by atoms with Crippen LogP contribution in [0.1, 0.15) is 27.8 Å². The second kappa shape index (κ2) is 5.79. The number of carbonyl (C=O) groups is 2. The maximum atomic E-state index is 11.7. The number of hydrogen-bond acceptors (Lipinski definition) is 5. The van der Waals surface area contributed by atoms with Gasteiger partial charge in [0.1, 0.15) is 15.5 Å². The summed E-state index contributed by atoms with van der Waals surface area (Å²) in [5.41, 5.74) is 0.00563. The number of sulfone groups is 1. The van der Waals surface area contributed by atoms with Crippen molar-refractivity contribution in [2.24, 2.45) is 0 Å². The van der Waals surface area contributed by atoms with Crippen molar-refractivity contribution in [3.05, 3.63) is 29.6 Å². The normalized spacial score (nSPS) is 12.7. The molecule has 0 aliphatic heterocycles. The van der Waals surface area contributed by atoms with E-state index in [0.29, 0.717) is 0 Å². The molecule has 1 aromatic heterocycles. The quantitative estimate of drug-likeness (QED) is 0.784. The number of nitrogens with zero attached hydrogens (tertiary/aromatic N) is 1. The Balaban J connectivity index is 2.70. The van der Waals surface area contributed by atoms with Crippen molar-refractivity contribution in [3.63, 3.8) is 0 Å². The lowest BCUT2D eigenvalue weighted by Gasteiger charge is -2.12. The predicted molar refractivity (Wildman–Crippen MR) is 67.8 cm³/mol. The Kier molecular flexibility index (Phi) is 4.60. The molecule has 1 atom stereocenters. The Labute approximate surface area is 110 Å². The maximum Gasteiger partial charge on any atom is 0.354 e. The van der Waals surface area contributed by atoms with Crippen LogP contribution in [0.5, 0.6) is 0 Å². The lowest BCUT2D eigenvalue weighted by molar-refractivity contribution is 0.0689. The van der Waals surface area contributed by atoms with Gasteiger partial charge in [-0.15, -0.1) is 0 Å². The average molecular weight is 286 g/mol. The number of pyridine rings is 1. The van der Waals surface area contributed by atoms with E-state index in [9.17, 15) is 18.0 Å². The Hall–Kier alpha value is -1.96.